The number of hydrogen-bond donors (Lipinski definition) is 1. The number of aromatic nitrogens is 6. The second-order valence-electron chi connectivity index (χ2n) is 6.98. The average molecular weight is 546 g/mol. The summed E-state index contributed by atoms with van der Waals surface area (Å²) in [7, 11) is 3.08. The fourth-order valence-electron chi connectivity index (χ4n) is 3.24. The fourth-order valence-corrected chi connectivity index (χ4v) is 4.14. The quantitative estimate of drug-likeness (QED) is 0.313. The summed E-state index contributed by atoms with van der Waals surface area (Å²) in [6.07, 6.45) is 3.36. The minimum Gasteiger partial charge on any atom is -0.494 e. The smallest absolute Gasteiger partial charge is 0.241 e. The lowest BCUT2D eigenvalue weighted by Gasteiger charge is -2.17. The maximum atomic E-state index is 12.9. The number of ether oxygens (including phenoxy) is 3. The summed E-state index contributed by atoms with van der Waals surface area (Å²) >= 11 is 5.83. The number of anilines is 1. The van der Waals surface area contributed by atoms with Crippen LogP contribution in [0, 0.1) is 0 Å². The Bertz CT molecular complexity index is 1310. The fraction of sp³-hybridized carbons (Fsp3) is 0.292. The number of hydrogen-bond acceptors (Lipinski definition) is 9. The Labute approximate surface area is 222 Å². The summed E-state index contributed by atoms with van der Waals surface area (Å²) < 4.78 is 33.9. The lowest BCUT2D eigenvalue weighted by atomic mass is 10.2. The molecule has 4 rings (SSSR count). The number of halogens is 1. The van der Waals surface area contributed by atoms with Gasteiger partial charge in [-0.05, 0) is 18.2 Å². The summed E-state index contributed by atoms with van der Waals surface area (Å²) in [4.78, 5) is 12.7. The summed E-state index contributed by atoms with van der Waals surface area (Å²) in [5, 5.41) is 9.00. The highest BCUT2D eigenvalue weighted by Crippen LogP contribution is 2.37. The second kappa shape index (κ2) is 13.5. The zero-order valence-corrected chi connectivity index (χ0v) is 22.7. The van der Waals surface area contributed by atoms with E-state index in [0.29, 0.717) is 51.9 Å². The molecule has 0 aliphatic heterocycles. The van der Waals surface area contributed by atoms with Gasteiger partial charge in [-0.2, -0.15) is 0 Å². The van der Waals surface area contributed by atoms with Crippen LogP contribution in [0.5, 0.6) is 17.4 Å². The van der Waals surface area contributed by atoms with Crippen molar-refractivity contribution in [3.63, 3.8) is 0 Å². The van der Waals surface area contributed by atoms with E-state index in [9.17, 15) is 4.21 Å². The molecule has 0 aliphatic carbocycles. The van der Waals surface area contributed by atoms with Gasteiger partial charge in [-0.15, -0.1) is 10.2 Å². The number of benzene rings is 1. The minimum atomic E-state index is -1.54. The average Bonchev–Trinajstić information content (AvgIpc) is 3.36. The molecule has 11 nitrogen and oxygen atoms in total. The zero-order valence-electron chi connectivity index (χ0n) is 21.1. The third kappa shape index (κ3) is 6.71. The molecule has 0 saturated heterocycles. The van der Waals surface area contributed by atoms with Crippen LogP contribution in [0.15, 0.2) is 48.8 Å². The molecule has 0 fully saturated rings. The van der Waals surface area contributed by atoms with Crippen LogP contribution in [0.2, 0.25) is 5.02 Å². The van der Waals surface area contributed by atoms with Gasteiger partial charge in [0.25, 0.3) is 0 Å². The largest absolute Gasteiger partial charge is 0.494 e. The first-order valence-electron chi connectivity index (χ1n) is 11.3. The first-order valence-corrected chi connectivity index (χ1v) is 13.0. The van der Waals surface area contributed by atoms with E-state index in [0.717, 1.165) is 0 Å². The first kappa shape index (κ1) is 27.8. The molecular formula is C24H28ClN7O4S. The molecule has 0 saturated carbocycles. The molecule has 3 heterocycles. The van der Waals surface area contributed by atoms with E-state index >= 15 is 0 Å². The highest BCUT2D eigenvalue weighted by atomic mass is 35.5. The maximum Gasteiger partial charge on any atom is 0.241 e. The van der Waals surface area contributed by atoms with E-state index in [4.69, 9.17) is 25.8 Å². The van der Waals surface area contributed by atoms with Crippen molar-refractivity contribution in [2.75, 3.05) is 31.8 Å². The van der Waals surface area contributed by atoms with Gasteiger partial charge in [0.15, 0.2) is 5.82 Å². The Morgan fingerprint density at radius 3 is 2.22 bits per heavy atom. The second-order valence-corrected chi connectivity index (χ2v) is 8.72. The first-order chi connectivity index (χ1) is 18.0. The van der Waals surface area contributed by atoms with E-state index in [-0.39, 0.29) is 11.7 Å². The molecule has 4 aromatic rings. The van der Waals surface area contributed by atoms with Crippen LogP contribution in [0.1, 0.15) is 19.7 Å². The summed E-state index contributed by atoms with van der Waals surface area (Å²) in [5.41, 5.74) is 1.00. The zero-order chi connectivity index (χ0) is 26.8. The normalized spacial score (nSPS) is 11.2. The van der Waals surface area contributed by atoms with Crippen LogP contribution in [-0.4, -0.2) is 61.0 Å². The molecule has 37 heavy (non-hydrogen) atoms. The van der Waals surface area contributed by atoms with Crippen LogP contribution >= 0.6 is 11.6 Å². The van der Waals surface area contributed by atoms with E-state index in [1.54, 1.807) is 55.2 Å². The number of aryl methyl sites for hydroxylation is 1. The topological polar surface area (TPSA) is 126 Å². The maximum absolute atomic E-state index is 12.9. The van der Waals surface area contributed by atoms with Crippen molar-refractivity contribution in [2.45, 2.75) is 20.3 Å². The predicted octanol–water partition coefficient (Wildman–Crippen LogP) is 4.14. The van der Waals surface area contributed by atoms with Gasteiger partial charge in [-0.1, -0.05) is 37.6 Å². The van der Waals surface area contributed by atoms with Gasteiger partial charge in [0.1, 0.15) is 39.7 Å². The van der Waals surface area contributed by atoms with Gasteiger partial charge in [0.05, 0.1) is 32.1 Å². The van der Waals surface area contributed by atoms with Crippen molar-refractivity contribution in [1.29, 1.82) is 0 Å². The van der Waals surface area contributed by atoms with Crippen molar-refractivity contribution >= 4 is 28.5 Å². The number of methoxy groups -OCH3 is 3. The highest BCUT2D eigenvalue weighted by molar-refractivity contribution is 7.86. The Balaban J connectivity index is 0.00000186. The Kier molecular flexibility index (Phi) is 10.2. The van der Waals surface area contributed by atoms with E-state index < -0.39 is 11.0 Å². The number of nitrogens with zero attached hydrogens (tertiary/aromatic N) is 6. The highest BCUT2D eigenvalue weighted by Gasteiger charge is 2.24. The Morgan fingerprint density at radius 1 is 0.946 bits per heavy atom. The standard InChI is InChI=1S/C22H22ClN7O4S.C2H6/c1-32-16-7-5-8-17(33-2)20(16)30-21(15-6-4-9-19(26-15)34-3)27-28-22(30)29-35(31)11-10-18-24-12-14(23)13-25-18;1-2/h4-9,12-13H,10-11H2,1-3H3,(H,28,29);1-2H3. The lowest BCUT2D eigenvalue weighted by Crippen LogP contribution is -2.16. The molecule has 0 spiro atoms. The molecule has 0 bridgehead atoms. The van der Waals surface area contributed by atoms with Gasteiger partial charge < -0.3 is 14.2 Å². The lowest BCUT2D eigenvalue weighted by molar-refractivity contribution is 0.391. The van der Waals surface area contributed by atoms with E-state index in [1.807, 2.05) is 13.8 Å². The van der Waals surface area contributed by atoms with Crippen LogP contribution < -0.4 is 18.9 Å². The van der Waals surface area contributed by atoms with E-state index in [1.165, 1.54) is 19.5 Å². The molecule has 1 unspecified atom stereocenters. The summed E-state index contributed by atoms with van der Waals surface area (Å²) in [5.74, 6) is 2.73. The Hall–Kier alpha value is -3.77. The summed E-state index contributed by atoms with van der Waals surface area (Å²) in [6.45, 7) is 4.00. The number of pyridine rings is 1. The van der Waals surface area contributed by atoms with Crippen LogP contribution in [0.4, 0.5) is 5.95 Å². The molecule has 1 aromatic carbocycles. The molecule has 0 amide bonds. The molecule has 13 heteroatoms. The van der Waals surface area contributed by atoms with Gasteiger partial charge in [0.2, 0.25) is 11.8 Å². The van der Waals surface area contributed by atoms with Gasteiger partial charge in [0, 0.05) is 24.9 Å². The molecule has 196 valence electrons. The van der Waals surface area contributed by atoms with Crippen molar-refractivity contribution < 1.29 is 18.4 Å². The third-order valence-electron chi connectivity index (χ3n) is 4.84. The molecule has 0 radical (unpaired) electrons. The summed E-state index contributed by atoms with van der Waals surface area (Å²) in [6, 6.07) is 10.6. The third-order valence-corrected chi connectivity index (χ3v) is 6.02. The number of para-hydroxylation sites is 1. The van der Waals surface area contributed by atoms with Crippen molar-refractivity contribution in [3.8, 4) is 34.6 Å². The number of rotatable bonds is 10. The van der Waals surface area contributed by atoms with Crippen molar-refractivity contribution in [3.05, 3.63) is 59.6 Å². The van der Waals surface area contributed by atoms with Crippen molar-refractivity contribution in [2.24, 2.45) is 0 Å². The van der Waals surface area contributed by atoms with Gasteiger partial charge >= 0.3 is 0 Å². The minimum absolute atomic E-state index is 0.211. The molecule has 1 atom stereocenters. The monoisotopic (exact) mass is 545 g/mol. The Morgan fingerprint density at radius 2 is 1.59 bits per heavy atom. The molecular weight excluding hydrogens is 518 g/mol. The molecule has 3 aromatic heterocycles. The molecule has 1 N–H and O–H groups in total. The van der Waals surface area contributed by atoms with E-state index in [2.05, 4.69) is 29.9 Å². The van der Waals surface area contributed by atoms with Gasteiger partial charge in [-0.3, -0.25) is 9.29 Å². The van der Waals surface area contributed by atoms with Gasteiger partial charge in [-0.25, -0.2) is 19.2 Å². The number of nitrogens with one attached hydrogen (secondary N) is 1. The van der Waals surface area contributed by atoms with Crippen molar-refractivity contribution in [1.82, 2.24) is 29.7 Å². The SMILES string of the molecule is CC.COc1cccc(-c2nnc(NS(=O)CCc3ncc(Cl)cn3)n2-c2c(OC)cccc2OC)n1. The van der Waals surface area contributed by atoms with Crippen LogP contribution in [-0.2, 0) is 17.4 Å². The van der Waals surface area contributed by atoms with Crippen LogP contribution in [0.3, 0.4) is 0 Å². The van der Waals surface area contributed by atoms with Crippen LogP contribution in [0.25, 0.3) is 17.2 Å². The molecule has 0 aliphatic rings. The predicted molar refractivity (Wildman–Crippen MR) is 143 cm³/mol.